The molecule has 0 saturated carbocycles. The lowest BCUT2D eigenvalue weighted by Gasteiger charge is -2.23. The number of hydrazine groups is 1. The molecule has 1 aromatic carbocycles. The molecule has 2 unspecified atom stereocenters. The summed E-state index contributed by atoms with van der Waals surface area (Å²) in [5, 5.41) is 0. The molecule has 1 aromatic heterocycles. The van der Waals surface area contributed by atoms with E-state index in [1.165, 1.54) is 0 Å². The lowest BCUT2D eigenvalue weighted by molar-refractivity contribution is 0.0945. The highest BCUT2D eigenvalue weighted by Gasteiger charge is 2.25. The Labute approximate surface area is 154 Å². The van der Waals surface area contributed by atoms with Gasteiger partial charge in [0, 0.05) is 0 Å². The molecule has 2 atom stereocenters. The van der Waals surface area contributed by atoms with Crippen molar-refractivity contribution in [2.75, 3.05) is 5.73 Å². The standard InChI is InChI=1S/C19H27N5O2/c1-5-11(3)13-9-7-8-10-15(13)26-14(6-2)17-16(18(25)24-21)12(4)22-19(20)23-17/h7-11,14H,5-6,21H2,1-4H3,(H,24,25)(H2,20,22,23). The van der Waals surface area contributed by atoms with Gasteiger partial charge in [0.05, 0.1) is 17.0 Å². The first-order chi connectivity index (χ1) is 12.4. The summed E-state index contributed by atoms with van der Waals surface area (Å²) < 4.78 is 6.28. The summed E-state index contributed by atoms with van der Waals surface area (Å²) in [5.74, 6) is 6.10. The molecule has 2 aromatic rings. The highest BCUT2D eigenvalue weighted by molar-refractivity contribution is 5.96. The van der Waals surface area contributed by atoms with Crippen LogP contribution in [0.5, 0.6) is 5.75 Å². The predicted molar refractivity (Wildman–Crippen MR) is 102 cm³/mol. The van der Waals surface area contributed by atoms with Gasteiger partial charge in [-0.25, -0.2) is 15.8 Å². The lowest BCUT2D eigenvalue weighted by Crippen LogP contribution is -2.33. The summed E-state index contributed by atoms with van der Waals surface area (Å²) in [4.78, 5) is 20.6. The summed E-state index contributed by atoms with van der Waals surface area (Å²) >= 11 is 0. The van der Waals surface area contributed by atoms with Crippen molar-refractivity contribution in [1.29, 1.82) is 0 Å². The molecule has 0 radical (unpaired) electrons. The summed E-state index contributed by atoms with van der Waals surface area (Å²) in [5.41, 5.74) is 10.3. The van der Waals surface area contributed by atoms with Crippen LogP contribution in [0.15, 0.2) is 24.3 Å². The number of aryl methyl sites for hydroxylation is 1. The first-order valence-corrected chi connectivity index (χ1v) is 8.83. The van der Waals surface area contributed by atoms with Crippen LogP contribution >= 0.6 is 0 Å². The van der Waals surface area contributed by atoms with Crippen LogP contribution in [0, 0.1) is 6.92 Å². The first-order valence-electron chi connectivity index (χ1n) is 8.83. The average molecular weight is 357 g/mol. The van der Waals surface area contributed by atoms with Gasteiger partial charge in [-0.2, -0.15) is 0 Å². The molecule has 7 nitrogen and oxygen atoms in total. The van der Waals surface area contributed by atoms with E-state index in [4.69, 9.17) is 16.3 Å². The van der Waals surface area contributed by atoms with Crippen LogP contribution in [-0.2, 0) is 0 Å². The number of carbonyl (C=O) groups is 1. The van der Waals surface area contributed by atoms with E-state index in [0.717, 1.165) is 17.7 Å². The van der Waals surface area contributed by atoms with Crippen LogP contribution in [0.3, 0.4) is 0 Å². The van der Waals surface area contributed by atoms with Crippen molar-refractivity contribution in [3.63, 3.8) is 0 Å². The Morgan fingerprint density at radius 1 is 1.23 bits per heavy atom. The Hall–Kier alpha value is -2.67. The third-order valence-corrected chi connectivity index (χ3v) is 4.50. The van der Waals surface area contributed by atoms with Crippen molar-refractivity contribution in [2.45, 2.75) is 52.6 Å². The van der Waals surface area contributed by atoms with Gasteiger partial charge in [-0.1, -0.05) is 39.0 Å². The van der Waals surface area contributed by atoms with Gasteiger partial charge in [0.15, 0.2) is 0 Å². The van der Waals surface area contributed by atoms with E-state index < -0.39 is 12.0 Å². The van der Waals surface area contributed by atoms with E-state index in [9.17, 15) is 4.79 Å². The van der Waals surface area contributed by atoms with Crippen LogP contribution < -0.4 is 21.7 Å². The zero-order valence-corrected chi connectivity index (χ0v) is 15.7. The van der Waals surface area contributed by atoms with Crippen molar-refractivity contribution in [1.82, 2.24) is 15.4 Å². The van der Waals surface area contributed by atoms with Crippen LogP contribution in [0.4, 0.5) is 5.95 Å². The van der Waals surface area contributed by atoms with E-state index in [0.29, 0.717) is 29.3 Å². The quantitative estimate of drug-likeness (QED) is 0.398. The number of carbonyl (C=O) groups excluding carboxylic acids is 1. The maximum atomic E-state index is 12.2. The minimum atomic E-state index is -0.463. The normalized spacial score (nSPS) is 13.1. The summed E-state index contributed by atoms with van der Waals surface area (Å²) in [6.07, 6.45) is 1.16. The van der Waals surface area contributed by atoms with Crippen LogP contribution in [0.1, 0.15) is 72.9 Å². The first kappa shape index (κ1) is 19.7. The largest absolute Gasteiger partial charge is 0.484 e. The molecule has 0 aliphatic heterocycles. The van der Waals surface area contributed by atoms with Gasteiger partial charge >= 0.3 is 0 Å². The van der Waals surface area contributed by atoms with Gasteiger partial charge in [0.2, 0.25) is 5.95 Å². The molecule has 0 bridgehead atoms. The molecule has 0 spiro atoms. The van der Waals surface area contributed by atoms with Gasteiger partial charge in [-0.05, 0) is 37.3 Å². The summed E-state index contributed by atoms with van der Waals surface area (Å²) in [6.45, 7) is 7.96. The molecular formula is C19H27N5O2. The number of hydrogen-bond acceptors (Lipinski definition) is 6. The maximum Gasteiger partial charge on any atom is 0.269 e. The Balaban J connectivity index is 2.49. The van der Waals surface area contributed by atoms with Crippen LogP contribution in [0.25, 0.3) is 0 Å². The van der Waals surface area contributed by atoms with Gasteiger partial charge in [0.1, 0.15) is 11.9 Å². The molecule has 1 heterocycles. The van der Waals surface area contributed by atoms with Crippen molar-refractivity contribution in [3.8, 4) is 5.75 Å². The predicted octanol–water partition coefficient (Wildman–Crippen LogP) is 3.01. The fraction of sp³-hybridized carbons (Fsp3) is 0.421. The van der Waals surface area contributed by atoms with E-state index in [-0.39, 0.29) is 5.95 Å². The van der Waals surface area contributed by atoms with E-state index in [1.807, 2.05) is 25.1 Å². The number of nitrogens with zero attached hydrogens (tertiary/aromatic N) is 2. The van der Waals surface area contributed by atoms with E-state index in [1.54, 1.807) is 6.92 Å². The molecule has 0 saturated heterocycles. The average Bonchev–Trinajstić information content (AvgIpc) is 2.64. The molecule has 0 aliphatic carbocycles. The number of hydrogen-bond donors (Lipinski definition) is 3. The smallest absolute Gasteiger partial charge is 0.269 e. The highest BCUT2D eigenvalue weighted by Crippen LogP contribution is 2.33. The SMILES string of the molecule is CCC(C)c1ccccc1OC(CC)c1nc(N)nc(C)c1C(=O)NN. The van der Waals surface area contributed by atoms with Gasteiger partial charge in [0.25, 0.3) is 5.91 Å². The fourth-order valence-electron chi connectivity index (χ4n) is 2.90. The molecule has 140 valence electrons. The Bertz CT molecular complexity index is 779. The zero-order chi connectivity index (χ0) is 19.3. The molecular weight excluding hydrogens is 330 g/mol. The molecule has 5 N–H and O–H groups in total. The van der Waals surface area contributed by atoms with Gasteiger partial charge < -0.3 is 10.5 Å². The second kappa shape index (κ2) is 8.62. The van der Waals surface area contributed by atoms with Crippen molar-refractivity contribution in [3.05, 3.63) is 46.8 Å². The number of rotatable bonds is 7. The third-order valence-electron chi connectivity index (χ3n) is 4.50. The second-order valence-corrected chi connectivity index (χ2v) is 6.26. The van der Waals surface area contributed by atoms with Crippen LogP contribution in [0.2, 0.25) is 0 Å². The minimum Gasteiger partial charge on any atom is -0.484 e. The topological polar surface area (TPSA) is 116 Å². The number of nitrogens with one attached hydrogen (secondary N) is 1. The van der Waals surface area contributed by atoms with Crippen molar-refractivity contribution >= 4 is 11.9 Å². The Kier molecular flexibility index (Phi) is 6.52. The molecule has 0 aliphatic rings. The van der Waals surface area contributed by atoms with Crippen LogP contribution in [-0.4, -0.2) is 15.9 Å². The maximum absolute atomic E-state index is 12.2. The number of ether oxygens (including phenoxy) is 1. The number of aromatic nitrogens is 2. The number of anilines is 1. The monoisotopic (exact) mass is 357 g/mol. The third kappa shape index (κ3) is 4.11. The molecule has 0 fully saturated rings. The number of nitrogens with two attached hydrogens (primary N) is 2. The van der Waals surface area contributed by atoms with Crippen molar-refractivity contribution < 1.29 is 9.53 Å². The minimum absolute atomic E-state index is 0.100. The van der Waals surface area contributed by atoms with Gasteiger partial charge in [-0.3, -0.25) is 10.2 Å². The number of benzene rings is 1. The Morgan fingerprint density at radius 3 is 2.54 bits per heavy atom. The lowest BCUT2D eigenvalue weighted by atomic mass is 9.97. The zero-order valence-electron chi connectivity index (χ0n) is 15.7. The van der Waals surface area contributed by atoms with Gasteiger partial charge in [-0.15, -0.1) is 0 Å². The number of amides is 1. The molecule has 26 heavy (non-hydrogen) atoms. The highest BCUT2D eigenvalue weighted by atomic mass is 16.5. The Morgan fingerprint density at radius 2 is 1.92 bits per heavy atom. The summed E-state index contributed by atoms with van der Waals surface area (Å²) in [7, 11) is 0. The molecule has 1 amide bonds. The number of nitrogen functional groups attached to an aromatic ring is 2. The summed E-state index contributed by atoms with van der Waals surface area (Å²) in [6, 6.07) is 7.92. The molecule has 7 heteroatoms. The fourth-order valence-corrected chi connectivity index (χ4v) is 2.90. The molecule has 2 rings (SSSR count). The van der Waals surface area contributed by atoms with Crippen molar-refractivity contribution in [2.24, 2.45) is 5.84 Å². The van der Waals surface area contributed by atoms with E-state index in [2.05, 4.69) is 35.3 Å². The number of para-hydroxylation sites is 1. The second-order valence-electron chi connectivity index (χ2n) is 6.26. The van der Waals surface area contributed by atoms with E-state index >= 15 is 0 Å².